The van der Waals surface area contributed by atoms with Crippen molar-refractivity contribution < 1.29 is 0 Å². The minimum atomic E-state index is 0.395. The number of aromatic nitrogens is 1. The lowest BCUT2D eigenvalue weighted by Gasteiger charge is -2.25. The van der Waals surface area contributed by atoms with E-state index in [0.717, 1.165) is 16.7 Å². The highest BCUT2D eigenvalue weighted by Gasteiger charge is 2.11. The fourth-order valence-corrected chi connectivity index (χ4v) is 1.73. The molecule has 0 saturated carbocycles. The SMILES string of the molecule is CC(C)N(CC(N)=S)Cc1ccc(Br)cn1. The number of halogens is 1. The molecule has 0 aromatic carbocycles. The molecule has 3 nitrogen and oxygen atoms in total. The second-order valence-electron chi connectivity index (χ2n) is 3.93. The summed E-state index contributed by atoms with van der Waals surface area (Å²) in [6, 6.07) is 4.38. The van der Waals surface area contributed by atoms with Crippen molar-refractivity contribution >= 4 is 33.1 Å². The lowest BCUT2D eigenvalue weighted by molar-refractivity contribution is 0.242. The first kappa shape index (κ1) is 13.5. The van der Waals surface area contributed by atoms with Crippen molar-refractivity contribution in [3.05, 3.63) is 28.5 Å². The third-order valence-electron chi connectivity index (χ3n) is 2.24. The molecular formula is C11H16BrN3S. The van der Waals surface area contributed by atoms with Crippen LogP contribution < -0.4 is 5.73 Å². The van der Waals surface area contributed by atoms with E-state index in [1.165, 1.54) is 0 Å². The van der Waals surface area contributed by atoms with Crippen LogP contribution in [0.4, 0.5) is 0 Å². The van der Waals surface area contributed by atoms with E-state index in [4.69, 9.17) is 18.0 Å². The van der Waals surface area contributed by atoms with Gasteiger partial charge < -0.3 is 5.73 Å². The summed E-state index contributed by atoms with van der Waals surface area (Å²) in [5.41, 5.74) is 6.59. The molecule has 0 saturated heterocycles. The van der Waals surface area contributed by atoms with Gasteiger partial charge in [-0.15, -0.1) is 0 Å². The van der Waals surface area contributed by atoms with Crippen LogP contribution in [0.25, 0.3) is 0 Å². The molecule has 0 aliphatic carbocycles. The zero-order chi connectivity index (χ0) is 12.1. The van der Waals surface area contributed by atoms with E-state index < -0.39 is 0 Å². The maximum Gasteiger partial charge on any atom is 0.0870 e. The molecule has 0 amide bonds. The van der Waals surface area contributed by atoms with E-state index in [1.54, 1.807) is 6.20 Å². The molecule has 0 aliphatic rings. The Morgan fingerprint density at radius 2 is 2.25 bits per heavy atom. The minimum absolute atomic E-state index is 0.395. The normalized spacial score (nSPS) is 11.1. The molecule has 5 heteroatoms. The van der Waals surface area contributed by atoms with Crippen LogP contribution in [0.3, 0.4) is 0 Å². The van der Waals surface area contributed by atoms with Crippen molar-refractivity contribution in [2.75, 3.05) is 6.54 Å². The summed E-state index contributed by atoms with van der Waals surface area (Å²) >= 11 is 8.30. The molecule has 0 atom stereocenters. The van der Waals surface area contributed by atoms with Crippen LogP contribution in [0, 0.1) is 0 Å². The largest absolute Gasteiger partial charge is 0.392 e. The maximum atomic E-state index is 5.57. The molecular weight excluding hydrogens is 286 g/mol. The van der Waals surface area contributed by atoms with Gasteiger partial charge in [0.2, 0.25) is 0 Å². The monoisotopic (exact) mass is 301 g/mol. The number of rotatable bonds is 5. The van der Waals surface area contributed by atoms with Gasteiger partial charge in [0, 0.05) is 29.8 Å². The van der Waals surface area contributed by atoms with E-state index in [9.17, 15) is 0 Å². The number of hydrogen-bond acceptors (Lipinski definition) is 3. The van der Waals surface area contributed by atoms with Gasteiger partial charge in [0.15, 0.2) is 0 Å². The first-order valence-electron chi connectivity index (χ1n) is 5.12. The first-order valence-corrected chi connectivity index (χ1v) is 6.32. The van der Waals surface area contributed by atoms with Crippen molar-refractivity contribution in [2.45, 2.75) is 26.4 Å². The van der Waals surface area contributed by atoms with Gasteiger partial charge in [-0.1, -0.05) is 12.2 Å². The van der Waals surface area contributed by atoms with Crippen molar-refractivity contribution in [1.82, 2.24) is 9.88 Å². The van der Waals surface area contributed by atoms with Crippen LogP contribution in [0.2, 0.25) is 0 Å². The molecule has 16 heavy (non-hydrogen) atoms. The molecule has 1 aromatic rings. The lowest BCUT2D eigenvalue weighted by atomic mass is 10.2. The van der Waals surface area contributed by atoms with Crippen molar-refractivity contribution in [1.29, 1.82) is 0 Å². The van der Waals surface area contributed by atoms with E-state index >= 15 is 0 Å². The average molecular weight is 302 g/mol. The van der Waals surface area contributed by atoms with Gasteiger partial charge in [0.1, 0.15) is 0 Å². The number of nitrogens with two attached hydrogens (primary N) is 1. The molecule has 88 valence electrons. The molecule has 0 fully saturated rings. The van der Waals surface area contributed by atoms with Crippen LogP contribution >= 0.6 is 28.1 Å². The molecule has 1 aromatic heterocycles. The number of hydrogen-bond donors (Lipinski definition) is 1. The Balaban J connectivity index is 2.67. The fourth-order valence-electron chi connectivity index (χ4n) is 1.33. The predicted molar refractivity (Wildman–Crippen MR) is 74.3 cm³/mol. The summed E-state index contributed by atoms with van der Waals surface area (Å²) in [6.07, 6.45) is 1.80. The zero-order valence-corrected chi connectivity index (χ0v) is 11.9. The summed E-state index contributed by atoms with van der Waals surface area (Å²) in [5.74, 6) is 0. The Labute approximate surface area is 110 Å². The Kier molecular flexibility index (Phi) is 5.31. The van der Waals surface area contributed by atoms with E-state index in [2.05, 4.69) is 39.7 Å². The van der Waals surface area contributed by atoms with E-state index in [1.807, 2.05) is 12.1 Å². The average Bonchev–Trinajstić information content (AvgIpc) is 2.19. The van der Waals surface area contributed by atoms with Gasteiger partial charge in [-0.05, 0) is 41.9 Å². The molecule has 0 bridgehead atoms. The quantitative estimate of drug-likeness (QED) is 0.848. The highest BCUT2D eigenvalue weighted by atomic mass is 79.9. The maximum absolute atomic E-state index is 5.57. The summed E-state index contributed by atoms with van der Waals surface area (Å²) in [7, 11) is 0. The van der Waals surface area contributed by atoms with Gasteiger partial charge >= 0.3 is 0 Å². The van der Waals surface area contributed by atoms with Crippen molar-refractivity contribution in [3.8, 4) is 0 Å². The summed E-state index contributed by atoms with van der Waals surface area (Å²) < 4.78 is 0.988. The molecule has 1 rings (SSSR count). The standard InChI is InChI=1S/C11H16BrN3S/c1-8(2)15(7-11(13)16)6-10-4-3-9(12)5-14-10/h3-5,8H,6-7H2,1-2H3,(H2,13,16). The highest BCUT2D eigenvalue weighted by molar-refractivity contribution is 9.10. The summed E-state index contributed by atoms with van der Waals surface area (Å²) in [5, 5.41) is 0. The molecule has 2 N–H and O–H groups in total. The van der Waals surface area contributed by atoms with Crippen LogP contribution in [0.1, 0.15) is 19.5 Å². The fraction of sp³-hybridized carbons (Fsp3) is 0.455. The van der Waals surface area contributed by atoms with Crippen LogP contribution in [-0.4, -0.2) is 27.5 Å². The first-order chi connectivity index (χ1) is 7.49. The van der Waals surface area contributed by atoms with Crippen LogP contribution in [-0.2, 0) is 6.54 Å². The third kappa shape index (κ3) is 4.55. The van der Waals surface area contributed by atoms with Crippen molar-refractivity contribution in [3.63, 3.8) is 0 Å². The van der Waals surface area contributed by atoms with Crippen LogP contribution in [0.5, 0.6) is 0 Å². The Hall–Kier alpha value is -0.520. The number of thiocarbonyl (C=S) groups is 1. The zero-order valence-electron chi connectivity index (χ0n) is 9.48. The topological polar surface area (TPSA) is 42.1 Å². The van der Waals surface area contributed by atoms with Crippen LogP contribution in [0.15, 0.2) is 22.8 Å². The van der Waals surface area contributed by atoms with Gasteiger partial charge in [-0.2, -0.15) is 0 Å². The van der Waals surface area contributed by atoms with E-state index in [-0.39, 0.29) is 0 Å². The van der Waals surface area contributed by atoms with Gasteiger partial charge in [0.05, 0.1) is 10.7 Å². The Bertz CT molecular complexity index is 351. The summed E-state index contributed by atoms with van der Waals surface area (Å²) in [6.45, 7) is 5.64. The molecule has 0 radical (unpaired) electrons. The minimum Gasteiger partial charge on any atom is -0.392 e. The molecule has 0 spiro atoms. The Morgan fingerprint density at radius 1 is 1.56 bits per heavy atom. The van der Waals surface area contributed by atoms with Gasteiger partial charge in [-0.3, -0.25) is 9.88 Å². The Morgan fingerprint density at radius 3 is 2.69 bits per heavy atom. The second kappa shape index (κ2) is 6.27. The summed E-state index contributed by atoms with van der Waals surface area (Å²) in [4.78, 5) is 7.05. The molecule has 0 unspecified atom stereocenters. The van der Waals surface area contributed by atoms with Crippen molar-refractivity contribution in [2.24, 2.45) is 5.73 Å². The molecule has 0 aliphatic heterocycles. The smallest absolute Gasteiger partial charge is 0.0870 e. The van der Waals surface area contributed by atoms with Gasteiger partial charge in [-0.25, -0.2) is 0 Å². The highest BCUT2D eigenvalue weighted by Crippen LogP contribution is 2.10. The predicted octanol–water partition coefficient (Wildman–Crippen LogP) is 2.34. The lowest BCUT2D eigenvalue weighted by Crippen LogP contribution is -2.37. The number of pyridine rings is 1. The van der Waals surface area contributed by atoms with E-state index in [0.29, 0.717) is 17.6 Å². The number of nitrogens with zero attached hydrogens (tertiary/aromatic N) is 2. The third-order valence-corrected chi connectivity index (χ3v) is 2.84. The molecule has 1 heterocycles. The van der Waals surface area contributed by atoms with Gasteiger partial charge in [0.25, 0.3) is 0 Å². The second-order valence-corrected chi connectivity index (χ2v) is 5.37.